The number of halogens is 1. The maximum absolute atomic E-state index is 5.94. The van der Waals surface area contributed by atoms with Gasteiger partial charge in [-0.25, -0.2) is 0 Å². The van der Waals surface area contributed by atoms with Crippen molar-refractivity contribution in [3.63, 3.8) is 0 Å². The van der Waals surface area contributed by atoms with Gasteiger partial charge in [0.1, 0.15) is 5.75 Å². The highest BCUT2D eigenvalue weighted by molar-refractivity contribution is 9.10. The first-order chi connectivity index (χ1) is 6.69. The van der Waals surface area contributed by atoms with Crippen LogP contribution in [0.4, 0.5) is 0 Å². The molecule has 0 aliphatic heterocycles. The number of benzene rings is 1. The molecule has 1 rings (SSSR count). The van der Waals surface area contributed by atoms with Crippen LogP contribution < -0.4 is 15.8 Å². The van der Waals surface area contributed by atoms with Crippen molar-refractivity contribution < 1.29 is 4.74 Å². The van der Waals surface area contributed by atoms with Crippen LogP contribution in [-0.4, -0.2) is 20.7 Å². The van der Waals surface area contributed by atoms with E-state index in [2.05, 4.69) is 21.2 Å². The van der Waals surface area contributed by atoms with Crippen molar-refractivity contribution in [2.45, 2.75) is 6.04 Å². The van der Waals surface area contributed by atoms with Gasteiger partial charge in [0.05, 0.1) is 11.6 Å². The van der Waals surface area contributed by atoms with Gasteiger partial charge in [-0.05, 0) is 40.7 Å². The second kappa shape index (κ2) is 5.34. The molecule has 0 spiro atoms. The van der Waals surface area contributed by atoms with E-state index in [1.807, 2.05) is 25.2 Å². The molecule has 0 aromatic heterocycles. The first-order valence-electron chi connectivity index (χ1n) is 4.42. The van der Waals surface area contributed by atoms with Crippen LogP contribution in [0.1, 0.15) is 11.6 Å². The predicted molar refractivity (Wildman–Crippen MR) is 61.5 cm³/mol. The molecule has 4 heteroatoms. The quantitative estimate of drug-likeness (QED) is 0.864. The zero-order valence-corrected chi connectivity index (χ0v) is 9.97. The predicted octanol–water partition coefficient (Wildman–Crippen LogP) is 1.68. The zero-order valence-electron chi connectivity index (χ0n) is 8.38. The summed E-state index contributed by atoms with van der Waals surface area (Å²) in [6, 6.07) is 5.89. The molecule has 78 valence electrons. The maximum atomic E-state index is 5.94. The highest BCUT2D eigenvalue weighted by Gasteiger charge is 2.07. The molecule has 0 bridgehead atoms. The molecule has 0 aliphatic rings. The standard InChI is InChI=1S/C10H15BrN2O/c1-13-6-9(12)7-3-4-10(14-2)8(11)5-7/h3-5,9,13H,6,12H2,1-2H3. The fourth-order valence-electron chi connectivity index (χ4n) is 1.25. The molecular formula is C10H15BrN2O. The van der Waals surface area contributed by atoms with E-state index in [0.29, 0.717) is 0 Å². The summed E-state index contributed by atoms with van der Waals surface area (Å²) in [6.07, 6.45) is 0. The smallest absolute Gasteiger partial charge is 0.133 e. The Labute approximate surface area is 92.8 Å². The second-order valence-electron chi connectivity index (χ2n) is 3.06. The maximum Gasteiger partial charge on any atom is 0.133 e. The summed E-state index contributed by atoms with van der Waals surface area (Å²) in [6.45, 7) is 0.763. The van der Waals surface area contributed by atoms with Crippen molar-refractivity contribution in [3.05, 3.63) is 28.2 Å². The van der Waals surface area contributed by atoms with E-state index in [0.717, 1.165) is 22.3 Å². The molecule has 1 aromatic rings. The van der Waals surface area contributed by atoms with Crippen LogP contribution in [0.15, 0.2) is 22.7 Å². The van der Waals surface area contributed by atoms with Gasteiger partial charge in [-0.3, -0.25) is 0 Å². The Kier molecular flexibility index (Phi) is 4.38. The number of nitrogens with two attached hydrogens (primary N) is 1. The lowest BCUT2D eigenvalue weighted by Gasteiger charge is -2.12. The summed E-state index contributed by atoms with van der Waals surface area (Å²) in [7, 11) is 3.53. The summed E-state index contributed by atoms with van der Waals surface area (Å²) in [5.74, 6) is 0.824. The van der Waals surface area contributed by atoms with Crippen LogP contribution in [0.25, 0.3) is 0 Å². The van der Waals surface area contributed by atoms with Crippen molar-refractivity contribution in [1.29, 1.82) is 0 Å². The van der Waals surface area contributed by atoms with Crippen molar-refractivity contribution in [1.82, 2.24) is 5.32 Å². The average molecular weight is 259 g/mol. The lowest BCUT2D eigenvalue weighted by Crippen LogP contribution is -2.23. The molecule has 1 unspecified atom stereocenters. The van der Waals surface area contributed by atoms with E-state index < -0.39 is 0 Å². The number of ether oxygens (including phenoxy) is 1. The van der Waals surface area contributed by atoms with Gasteiger partial charge < -0.3 is 15.8 Å². The van der Waals surface area contributed by atoms with E-state index in [1.165, 1.54) is 0 Å². The van der Waals surface area contributed by atoms with Gasteiger partial charge >= 0.3 is 0 Å². The van der Waals surface area contributed by atoms with Crippen LogP contribution in [0, 0.1) is 0 Å². The number of nitrogens with one attached hydrogen (secondary N) is 1. The Balaban J connectivity index is 2.85. The fraction of sp³-hybridized carbons (Fsp3) is 0.400. The lowest BCUT2D eigenvalue weighted by molar-refractivity contribution is 0.412. The van der Waals surface area contributed by atoms with Gasteiger partial charge in [-0.15, -0.1) is 0 Å². The Hall–Kier alpha value is -0.580. The Bertz CT molecular complexity index is 304. The van der Waals surface area contributed by atoms with Gasteiger partial charge in [0.15, 0.2) is 0 Å². The normalized spacial score (nSPS) is 12.6. The Morgan fingerprint density at radius 2 is 2.29 bits per heavy atom. The third-order valence-corrected chi connectivity index (χ3v) is 2.65. The zero-order chi connectivity index (χ0) is 10.6. The molecular weight excluding hydrogens is 244 g/mol. The topological polar surface area (TPSA) is 47.3 Å². The first kappa shape index (κ1) is 11.5. The fourth-order valence-corrected chi connectivity index (χ4v) is 1.81. The molecule has 0 radical (unpaired) electrons. The van der Waals surface area contributed by atoms with Crippen molar-refractivity contribution in [2.75, 3.05) is 20.7 Å². The highest BCUT2D eigenvalue weighted by Crippen LogP contribution is 2.27. The van der Waals surface area contributed by atoms with Crippen molar-refractivity contribution in [2.24, 2.45) is 5.73 Å². The largest absolute Gasteiger partial charge is 0.496 e. The van der Waals surface area contributed by atoms with Crippen LogP contribution in [0.3, 0.4) is 0 Å². The van der Waals surface area contributed by atoms with Crippen LogP contribution in [0.2, 0.25) is 0 Å². The summed E-state index contributed by atoms with van der Waals surface area (Å²) < 4.78 is 6.07. The highest BCUT2D eigenvalue weighted by atomic mass is 79.9. The second-order valence-corrected chi connectivity index (χ2v) is 3.91. The summed E-state index contributed by atoms with van der Waals surface area (Å²) in [5, 5.41) is 3.04. The van der Waals surface area contributed by atoms with E-state index >= 15 is 0 Å². The third-order valence-electron chi connectivity index (χ3n) is 2.03. The van der Waals surface area contributed by atoms with Crippen molar-refractivity contribution in [3.8, 4) is 5.75 Å². The number of rotatable bonds is 4. The number of hydrogen-bond donors (Lipinski definition) is 2. The molecule has 3 nitrogen and oxygen atoms in total. The number of hydrogen-bond acceptors (Lipinski definition) is 3. The molecule has 1 atom stereocenters. The molecule has 1 aromatic carbocycles. The summed E-state index contributed by atoms with van der Waals surface area (Å²) in [4.78, 5) is 0. The lowest BCUT2D eigenvalue weighted by atomic mass is 10.1. The first-order valence-corrected chi connectivity index (χ1v) is 5.22. The van der Waals surface area contributed by atoms with Gasteiger partial charge in [0.2, 0.25) is 0 Å². The van der Waals surface area contributed by atoms with Crippen LogP contribution in [-0.2, 0) is 0 Å². The summed E-state index contributed by atoms with van der Waals surface area (Å²) in [5.41, 5.74) is 7.03. The molecule has 3 N–H and O–H groups in total. The minimum absolute atomic E-state index is 0.0159. The van der Waals surface area contributed by atoms with E-state index in [4.69, 9.17) is 10.5 Å². The average Bonchev–Trinajstić information content (AvgIpc) is 2.18. The number of likely N-dealkylation sites (N-methyl/N-ethyl adjacent to an activating group) is 1. The minimum atomic E-state index is 0.0159. The van der Waals surface area contributed by atoms with Gasteiger partial charge in [-0.1, -0.05) is 6.07 Å². The monoisotopic (exact) mass is 258 g/mol. The number of methoxy groups -OCH3 is 1. The van der Waals surface area contributed by atoms with Crippen molar-refractivity contribution >= 4 is 15.9 Å². The minimum Gasteiger partial charge on any atom is -0.496 e. The molecule has 0 saturated carbocycles. The van der Waals surface area contributed by atoms with Crippen LogP contribution in [0.5, 0.6) is 5.75 Å². The third kappa shape index (κ3) is 2.70. The molecule has 0 heterocycles. The molecule has 0 saturated heterocycles. The van der Waals surface area contributed by atoms with Gasteiger partial charge in [0, 0.05) is 12.6 Å². The van der Waals surface area contributed by atoms with E-state index in [-0.39, 0.29) is 6.04 Å². The Morgan fingerprint density at radius 3 is 2.79 bits per heavy atom. The molecule has 0 amide bonds. The van der Waals surface area contributed by atoms with E-state index in [1.54, 1.807) is 7.11 Å². The molecule has 0 aliphatic carbocycles. The van der Waals surface area contributed by atoms with E-state index in [9.17, 15) is 0 Å². The van der Waals surface area contributed by atoms with Gasteiger partial charge in [-0.2, -0.15) is 0 Å². The Morgan fingerprint density at radius 1 is 1.57 bits per heavy atom. The van der Waals surface area contributed by atoms with Crippen LogP contribution >= 0.6 is 15.9 Å². The van der Waals surface area contributed by atoms with Gasteiger partial charge in [0.25, 0.3) is 0 Å². The molecule has 14 heavy (non-hydrogen) atoms. The summed E-state index contributed by atoms with van der Waals surface area (Å²) >= 11 is 3.43. The molecule has 0 fully saturated rings. The SMILES string of the molecule is CNCC(N)c1ccc(OC)c(Br)c1.